The van der Waals surface area contributed by atoms with E-state index in [0.29, 0.717) is 15.7 Å². The molecule has 0 unspecified atom stereocenters. The van der Waals surface area contributed by atoms with Crippen molar-refractivity contribution in [2.24, 2.45) is 0 Å². The van der Waals surface area contributed by atoms with E-state index in [1.807, 2.05) is 0 Å². The highest BCUT2D eigenvalue weighted by molar-refractivity contribution is 6.26. The lowest BCUT2D eigenvalue weighted by Crippen LogP contribution is -2.11. The van der Waals surface area contributed by atoms with Gasteiger partial charge in [0.2, 0.25) is 9.76 Å². The molecule has 0 fully saturated rings. The van der Waals surface area contributed by atoms with E-state index < -0.39 is 0 Å². The van der Waals surface area contributed by atoms with Gasteiger partial charge in [0.15, 0.2) is 0 Å². The van der Waals surface area contributed by atoms with Crippen LogP contribution in [0.25, 0.3) is 0 Å². The molecule has 0 amide bonds. The molecule has 0 aliphatic rings. The molecule has 19 heavy (non-hydrogen) atoms. The Hall–Kier alpha value is -1.38. The van der Waals surface area contributed by atoms with Gasteiger partial charge in [-0.15, -0.1) is 0 Å². The highest BCUT2D eigenvalue weighted by atomic mass is 28.2. The zero-order valence-corrected chi connectivity index (χ0v) is 12.4. The molecule has 1 nitrogen and oxygen atoms in total. The summed E-state index contributed by atoms with van der Waals surface area (Å²) in [5.74, 6) is 0.340. The van der Waals surface area contributed by atoms with Gasteiger partial charge in [0.25, 0.3) is 0 Å². The van der Waals surface area contributed by atoms with Crippen LogP contribution in [-0.2, 0) is 4.43 Å². The van der Waals surface area contributed by atoms with Crippen molar-refractivity contribution in [3.8, 4) is 0 Å². The Balaban J connectivity index is 2.10. The zero-order valence-electron chi connectivity index (χ0n) is 11.4. The average molecular weight is 268 g/mol. The van der Waals surface area contributed by atoms with Crippen LogP contribution in [0.4, 0.5) is 0 Å². The smallest absolute Gasteiger partial charge is 0.229 e. The van der Waals surface area contributed by atoms with Crippen LogP contribution in [0.15, 0.2) is 60.7 Å². The topological polar surface area (TPSA) is 9.23 Å². The molecule has 0 atom stereocenters. The van der Waals surface area contributed by atoms with Crippen LogP contribution in [0.2, 0.25) is 6.04 Å². The van der Waals surface area contributed by atoms with E-state index >= 15 is 0 Å². The lowest BCUT2D eigenvalue weighted by Gasteiger charge is -2.18. The minimum absolute atomic E-state index is 0.340. The van der Waals surface area contributed by atoms with Gasteiger partial charge < -0.3 is 4.43 Å². The second-order valence-corrected chi connectivity index (χ2v) is 5.66. The summed E-state index contributed by atoms with van der Waals surface area (Å²) < 4.78 is 5.87. The van der Waals surface area contributed by atoms with E-state index in [4.69, 9.17) is 4.43 Å². The Morgan fingerprint density at radius 2 is 1.42 bits per heavy atom. The van der Waals surface area contributed by atoms with Gasteiger partial charge in [-0.2, -0.15) is 0 Å². The molecule has 0 aliphatic heterocycles. The van der Waals surface area contributed by atoms with Crippen LogP contribution < -0.4 is 0 Å². The number of benzene rings is 2. The Morgan fingerprint density at radius 3 is 1.89 bits per heavy atom. The normalized spacial score (nSPS) is 10.8. The van der Waals surface area contributed by atoms with Crippen molar-refractivity contribution in [3.63, 3.8) is 0 Å². The van der Waals surface area contributed by atoms with Crippen molar-refractivity contribution in [2.45, 2.75) is 25.3 Å². The van der Waals surface area contributed by atoms with E-state index in [9.17, 15) is 0 Å². The predicted octanol–water partition coefficient (Wildman–Crippen LogP) is 4.28. The third-order valence-electron chi connectivity index (χ3n) is 3.11. The van der Waals surface area contributed by atoms with Crippen molar-refractivity contribution in [3.05, 3.63) is 71.8 Å². The molecular weight excluding hydrogens is 248 g/mol. The van der Waals surface area contributed by atoms with Gasteiger partial charge in [0, 0.05) is 12.5 Å². The van der Waals surface area contributed by atoms with Crippen LogP contribution in [0.1, 0.15) is 30.4 Å². The second kappa shape index (κ2) is 7.92. The lowest BCUT2D eigenvalue weighted by molar-refractivity contribution is 0.319. The molecule has 2 aromatic rings. The molecular formula is C17H20OSi. The number of rotatable bonds is 7. The molecule has 2 rings (SSSR count). The van der Waals surface area contributed by atoms with E-state index in [1.54, 1.807) is 0 Å². The third kappa shape index (κ3) is 4.34. The first kappa shape index (κ1) is 14.0. The lowest BCUT2D eigenvalue weighted by atomic mass is 9.92. The molecule has 0 spiro atoms. The number of hydrogen-bond donors (Lipinski definition) is 0. The van der Waals surface area contributed by atoms with Crippen molar-refractivity contribution >= 4 is 9.76 Å². The van der Waals surface area contributed by atoms with Crippen LogP contribution >= 0.6 is 0 Å². The zero-order chi connectivity index (χ0) is 13.3. The van der Waals surface area contributed by atoms with E-state index in [-0.39, 0.29) is 0 Å². The summed E-state index contributed by atoms with van der Waals surface area (Å²) in [4.78, 5) is 0. The quantitative estimate of drug-likeness (QED) is 0.538. The minimum atomic E-state index is 0.340. The summed E-state index contributed by atoms with van der Waals surface area (Å²) in [6.07, 6.45) is 1.19. The molecule has 0 aromatic heterocycles. The average Bonchev–Trinajstić information content (AvgIpc) is 2.49. The monoisotopic (exact) mass is 268 g/mol. The summed E-state index contributed by atoms with van der Waals surface area (Å²) in [7, 11) is 0.615. The van der Waals surface area contributed by atoms with E-state index in [0.717, 1.165) is 12.7 Å². The molecule has 0 saturated carbocycles. The standard InChI is InChI=1S/C17H20OSi/c1-2-13-19-18-14-17(15-9-5-3-6-10-15)16-11-7-4-8-12-16/h3-12,17H,2,13-14H2,1H3. The van der Waals surface area contributed by atoms with Crippen molar-refractivity contribution in [1.82, 2.24) is 0 Å². The first-order chi connectivity index (χ1) is 9.42. The summed E-state index contributed by atoms with van der Waals surface area (Å²) in [5, 5.41) is 0. The molecule has 2 radical (unpaired) electrons. The molecule has 0 bridgehead atoms. The number of hydrogen-bond acceptors (Lipinski definition) is 1. The Morgan fingerprint density at radius 1 is 0.895 bits per heavy atom. The maximum Gasteiger partial charge on any atom is 0.229 e. The SMILES string of the molecule is CCC[Si]OCC(c1ccccc1)c1ccccc1. The maximum atomic E-state index is 5.87. The first-order valence-electron chi connectivity index (χ1n) is 6.86. The van der Waals surface area contributed by atoms with Crippen LogP contribution in [0, 0.1) is 0 Å². The molecule has 98 valence electrons. The van der Waals surface area contributed by atoms with Gasteiger partial charge in [0.1, 0.15) is 0 Å². The Labute approximate surface area is 118 Å². The van der Waals surface area contributed by atoms with Gasteiger partial charge >= 0.3 is 0 Å². The van der Waals surface area contributed by atoms with Gasteiger partial charge in [-0.05, 0) is 17.2 Å². The summed E-state index contributed by atoms with van der Waals surface area (Å²) in [6.45, 7) is 2.97. The van der Waals surface area contributed by atoms with Gasteiger partial charge in [-0.25, -0.2) is 0 Å². The molecule has 2 aromatic carbocycles. The van der Waals surface area contributed by atoms with E-state index in [1.165, 1.54) is 17.5 Å². The van der Waals surface area contributed by atoms with Crippen LogP contribution in [0.5, 0.6) is 0 Å². The fourth-order valence-electron chi connectivity index (χ4n) is 2.07. The summed E-state index contributed by atoms with van der Waals surface area (Å²) >= 11 is 0. The Bertz CT molecular complexity index is 416. The molecule has 2 heteroatoms. The van der Waals surface area contributed by atoms with Gasteiger partial charge in [-0.3, -0.25) is 0 Å². The fourth-order valence-corrected chi connectivity index (χ4v) is 2.71. The van der Waals surface area contributed by atoms with Gasteiger partial charge in [0.05, 0.1) is 0 Å². The van der Waals surface area contributed by atoms with Crippen molar-refractivity contribution in [1.29, 1.82) is 0 Å². The van der Waals surface area contributed by atoms with Crippen LogP contribution in [0.3, 0.4) is 0 Å². The predicted molar refractivity (Wildman–Crippen MR) is 81.5 cm³/mol. The van der Waals surface area contributed by atoms with Gasteiger partial charge in [-0.1, -0.05) is 74.0 Å². The molecule has 0 N–H and O–H groups in total. The summed E-state index contributed by atoms with van der Waals surface area (Å²) in [5.41, 5.74) is 2.66. The Kier molecular flexibility index (Phi) is 5.85. The van der Waals surface area contributed by atoms with Crippen molar-refractivity contribution < 1.29 is 4.43 Å². The molecule has 0 heterocycles. The summed E-state index contributed by atoms with van der Waals surface area (Å²) in [6, 6.07) is 22.4. The molecule has 0 aliphatic carbocycles. The van der Waals surface area contributed by atoms with Crippen LogP contribution in [-0.4, -0.2) is 16.4 Å². The fraction of sp³-hybridized carbons (Fsp3) is 0.294. The second-order valence-electron chi connectivity index (χ2n) is 4.58. The highest BCUT2D eigenvalue weighted by Gasteiger charge is 2.13. The molecule has 0 saturated heterocycles. The maximum absolute atomic E-state index is 5.87. The third-order valence-corrected chi connectivity index (χ3v) is 4.18. The van der Waals surface area contributed by atoms with E-state index in [2.05, 4.69) is 67.6 Å². The largest absolute Gasteiger partial charge is 0.416 e. The first-order valence-corrected chi connectivity index (χ1v) is 7.98. The highest BCUT2D eigenvalue weighted by Crippen LogP contribution is 2.24. The minimum Gasteiger partial charge on any atom is -0.416 e. The van der Waals surface area contributed by atoms with Crippen molar-refractivity contribution in [2.75, 3.05) is 6.61 Å².